The highest BCUT2D eigenvalue weighted by Crippen LogP contribution is 2.11. The summed E-state index contributed by atoms with van der Waals surface area (Å²) in [6, 6.07) is 12.1. The van der Waals surface area contributed by atoms with E-state index in [0.717, 1.165) is 18.1 Å². The molecule has 4 nitrogen and oxygen atoms in total. The summed E-state index contributed by atoms with van der Waals surface area (Å²) in [5.41, 5.74) is 3.18. The summed E-state index contributed by atoms with van der Waals surface area (Å²) in [6.07, 6.45) is 2.12. The van der Waals surface area contributed by atoms with Crippen LogP contribution in [0.1, 0.15) is 24.5 Å². The fraction of sp³-hybridized carbons (Fsp3) is 0.250. The van der Waals surface area contributed by atoms with E-state index in [-0.39, 0.29) is 5.91 Å². The van der Waals surface area contributed by atoms with Crippen molar-refractivity contribution < 1.29 is 4.79 Å². The molecule has 0 aliphatic carbocycles. The summed E-state index contributed by atoms with van der Waals surface area (Å²) >= 11 is 0. The quantitative estimate of drug-likeness (QED) is 0.875. The number of carbonyl (C=O) groups excluding carboxylic acids is 1. The highest BCUT2D eigenvalue weighted by Gasteiger charge is 2.00. The average molecular weight is 269 g/mol. The molecule has 0 saturated carbocycles. The Morgan fingerprint density at radius 3 is 2.50 bits per heavy atom. The largest absolute Gasteiger partial charge is 0.366 e. The third-order valence-electron chi connectivity index (χ3n) is 2.96. The predicted molar refractivity (Wildman–Crippen MR) is 81.7 cm³/mol. The van der Waals surface area contributed by atoms with Crippen molar-refractivity contribution in [1.82, 2.24) is 4.98 Å². The summed E-state index contributed by atoms with van der Waals surface area (Å²) in [7, 11) is 0. The number of amides is 1. The smallest absolute Gasteiger partial charge is 0.224 e. The lowest BCUT2D eigenvalue weighted by molar-refractivity contribution is -0.115. The van der Waals surface area contributed by atoms with Gasteiger partial charge >= 0.3 is 0 Å². The Kier molecular flexibility index (Phi) is 4.71. The number of aromatic nitrogens is 1. The molecule has 1 heterocycles. The van der Waals surface area contributed by atoms with Crippen molar-refractivity contribution in [3.05, 3.63) is 53.7 Å². The molecular weight excluding hydrogens is 250 g/mol. The van der Waals surface area contributed by atoms with Crippen molar-refractivity contribution in [1.29, 1.82) is 0 Å². The van der Waals surface area contributed by atoms with Crippen LogP contribution in [0.25, 0.3) is 0 Å². The second-order valence-corrected chi connectivity index (χ2v) is 4.67. The van der Waals surface area contributed by atoms with Gasteiger partial charge in [-0.25, -0.2) is 4.98 Å². The molecule has 0 aliphatic rings. The Hall–Kier alpha value is -2.36. The van der Waals surface area contributed by atoms with Gasteiger partial charge in [0.25, 0.3) is 0 Å². The third kappa shape index (κ3) is 4.09. The number of aryl methyl sites for hydroxylation is 1. The number of anilines is 2. The molecule has 2 rings (SSSR count). The van der Waals surface area contributed by atoms with Crippen LogP contribution in [0, 0.1) is 6.92 Å². The van der Waals surface area contributed by atoms with Gasteiger partial charge in [-0.05, 0) is 24.6 Å². The number of benzene rings is 1. The number of carbonyl (C=O) groups is 1. The second-order valence-electron chi connectivity index (χ2n) is 4.67. The molecule has 1 aromatic heterocycles. The normalized spacial score (nSPS) is 10.1. The number of nitrogens with zero attached hydrogens (tertiary/aromatic N) is 1. The monoisotopic (exact) mass is 269 g/mol. The van der Waals surface area contributed by atoms with Crippen molar-refractivity contribution in [2.45, 2.75) is 26.8 Å². The van der Waals surface area contributed by atoms with Crippen LogP contribution in [0.15, 0.2) is 42.6 Å². The van der Waals surface area contributed by atoms with Gasteiger partial charge in [0.15, 0.2) is 0 Å². The number of hydrogen-bond donors (Lipinski definition) is 2. The number of pyridine rings is 1. The number of nitrogens with one attached hydrogen (secondary N) is 2. The molecular formula is C16H19N3O. The molecule has 20 heavy (non-hydrogen) atoms. The van der Waals surface area contributed by atoms with Crippen LogP contribution in [-0.4, -0.2) is 10.9 Å². The Balaban J connectivity index is 1.90. The molecule has 0 unspecified atom stereocenters. The predicted octanol–water partition coefficient (Wildman–Crippen LogP) is 3.35. The maximum atomic E-state index is 11.2. The van der Waals surface area contributed by atoms with E-state index in [1.807, 2.05) is 19.1 Å². The fourth-order valence-electron chi connectivity index (χ4n) is 1.72. The first kappa shape index (κ1) is 14.1. The summed E-state index contributed by atoms with van der Waals surface area (Å²) in [5, 5.41) is 6.02. The van der Waals surface area contributed by atoms with E-state index in [4.69, 9.17) is 0 Å². The molecule has 104 valence electrons. The van der Waals surface area contributed by atoms with Crippen LogP contribution in [0.3, 0.4) is 0 Å². The lowest BCUT2D eigenvalue weighted by atomic mass is 10.1. The van der Waals surface area contributed by atoms with Gasteiger partial charge < -0.3 is 10.6 Å². The van der Waals surface area contributed by atoms with E-state index in [1.54, 1.807) is 6.20 Å². The molecule has 2 N–H and O–H groups in total. The van der Waals surface area contributed by atoms with E-state index in [9.17, 15) is 4.79 Å². The zero-order valence-corrected chi connectivity index (χ0v) is 11.8. The zero-order chi connectivity index (χ0) is 14.4. The molecule has 4 heteroatoms. The summed E-state index contributed by atoms with van der Waals surface area (Å²) in [4.78, 5) is 15.5. The Bertz CT molecular complexity index is 561. The van der Waals surface area contributed by atoms with Crippen LogP contribution in [-0.2, 0) is 11.3 Å². The van der Waals surface area contributed by atoms with Gasteiger partial charge in [-0.1, -0.05) is 36.8 Å². The van der Waals surface area contributed by atoms with Crippen LogP contribution < -0.4 is 10.6 Å². The fourth-order valence-corrected chi connectivity index (χ4v) is 1.72. The number of hydrogen-bond acceptors (Lipinski definition) is 3. The molecule has 1 amide bonds. The third-order valence-corrected chi connectivity index (χ3v) is 2.96. The lowest BCUT2D eigenvalue weighted by Gasteiger charge is -2.07. The standard InChI is InChI=1S/C16H19N3O/c1-3-16(20)19-14-8-9-15(18-11-14)17-10-13-6-4-12(2)5-7-13/h4-9,11H,3,10H2,1-2H3,(H,17,18)(H,19,20). The highest BCUT2D eigenvalue weighted by molar-refractivity contribution is 5.90. The molecule has 0 bridgehead atoms. The first-order valence-corrected chi connectivity index (χ1v) is 6.72. The zero-order valence-electron chi connectivity index (χ0n) is 11.8. The minimum absolute atomic E-state index is 0.00726. The highest BCUT2D eigenvalue weighted by atomic mass is 16.1. The van der Waals surface area contributed by atoms with Crippen LogP contribution in [0.5, 0.6) is 0 Å². The van der Waals surface area contributed by atoms with Crippen LogP contribution >= 0.6 is 0 Å². The van der Waals surface area contributed by atoms with Gasteiger partial charge in [0.2, 0.25) is 5.91 Å². The first-order valence-electron chi connectivity index (χ1n) is 6.72. The van der Waals surface area contributed by atoms with Crippen molar-refractivity contribution in [2.75, 3.05) is 10.6 Å². The lowest BCUT2D eigenvalue weighted by Crippen LogP contribution is -2.10. The van der Waals surface area contributed by atoms with Gasteiger partial charge in [0.1, 0.15) is 5.82 Å². The molecule has 0 radical (unpaired) electrons. The molecule has 1 aromatic carbocycles. The van der Waals surface area contributed by atoms with E-state index >= 15 is 0 Å². The molecule has 0 atom stereocenters. The average Bonchev–Trinajstić information content (AvgIpc) is 2.48. The molecule has 2 aromatic rings. The van der Waals surface area contributed by atoms with E-state index in [1.165, 1.54) is 11.1 Å². The van der Waals surface area contributed by atoms with Gasteiger partial charge in [0, 0.05) is 13.0 Å². The molecule has 0 fully saturated rings. The van der Waals surface area contributed by atoms with Gasteiger partial charge in [0.05, 0.1) is 11.9 Å². The van der Waals surface area contributed by atoms with Crippen molar-refractivity contribution >= 4 is 17.4 Å². The minimum atomic E-state index is -0.00726. The van der Waals surface area contributed by atoms with E-state index in [0.29, 0.717) is 6.42 Å². The van der Waals surface area contributed by atoms with E-state index in [2.05, 4.69) is 46.8 Å². The molecule has 0 spiro atoms. The Labute approximate surface area is 119 Å². The summed E-state index contributed by atoms with van der Waals surface area (Å²) in [5.74, 6) is 0.784. The SMILES string of the molecule is CCC(=O)Nc1ccc(NCc2ccc(C)cc2)nc1. The Morgan fingerprint density at radius 1 is 1.15 bits per heavy atom. The van der Waals surface area contributed by atoms with Crippen LogP contribution in [0.2, 0.25) is 0 Å². The van der Waals surface area contributed by atoms with Crippen LogP contribution in [0.4, 0.5) is 11.5 Å². The Morgan fingerprint density at radius 2 is 1.90 bits per heavy atom. The van der Waals surface area contributed by atoms with Gasteiger partial charge in [-0.3, -0.25) is 4.79 Å². The maximum absolute atomic E-state index is 11.2. The van der Waals surface area contributed by atoms with Crippen molar-refractivity contribution in [2.24, 2.45) is 0 Å². The van der Waals surface area contributed by atoms with Gasteiger partial charge in [-0.2, -0.15) is 0 Å². The topological polar surface area (TPSA) is 54.0 Å². The number of rotatable bonds is 5. The molecule has 0 saturated heterocycles. The maximum Gasteiger partial charge on any atom is 0.224 e. The summed E-state index contributed by atoms with van der Waals surface area (Å²) in [6.45, 7) is 4.62. The molecule has 0 aliphatic heterocycles. The first-order chi connectivity index (χ1) is 9.67. The summed E-state index contributed by atoms with van der Waals surface area (Å²) < 4.78 is 0. The van der Waals surface area contributed by atoms with E-state index < -0.39 is 0 Å². The minimum Gasteiger partial charge on any atom is -0.366 e. The van der Waals surface area contributed by atoms with Crippen molar-refractivity contribution in [3.8, 4) is 0 Å². The van der Waals surface area contributed by atoms with Crippen molar-refractivity contribution in [3.63, 3.8) is 0 Å². The second kappa shape index (κ2) is 6.70. The van der Waals surface area contributed by atoms with Gasteiger partial charge in [-0.15, -0.1) is 0 Å².